The van der Waals surface area contributed by atoms with Crippen LogP contribution in [0.1, 0.15) is 0 Å². The Balaban J connectivity index is 5.55. The molecule has 0 saturated carbocycles. The molecule has 14 heteroatoms. The van der Waals surface area contributed by atoms with E-state index in [1.165, 1.54) is 0 Å². The van der Waals surface area contributed by atoms with Crippen molar-refractivity contribution in [2.75, 3.05) is 7.05 Å². The smallest absolute Gasteiger partial charge is 0.244 e. The summed E-state index contributed by atoms with van der Waals surface area (Å²) in [6.07, 6.45) is -12.4. The lowest BCUT2D eigenvalue weighted by atomic mass is 10.6. The zero-order valence-electron chi connectivity index (χ0n) is 8.53. The standard InChI is InChI=1S/C5H4F8INO3S/c1-15-19(16,17)5(12,13)4(10,11)18-3(8,9)2(6,7)14/h15H,1H3. The third-order valence-electron chi connectivity index (χ3n) is 1.53. The Bertz CT molecular complexity index is 432. The van der Waals surface area contributed by atoms with E-state index < -0.39 is 31.4 Å². The highest BCUT2D eigenvalue weighted by atomic mass is 127. The summed E-state index contributed by atoms with van der Waals surface area (Å²) in [5.74, 6) is 0. The van der Waals surface area contributed by atoms with Crippen molar-refractivity contribution in [3.63, 3.8) is 0 Å². The van der Waals surface area contributed by atoms with Crippen molar-refractivity contribution in [3.8, 4) is 0 Å². The number of rotatable bonds is 6. The van der Waals surface area contributed by atoms with Crippen LogP contribution in [-0.2, 0) is 14.8 Å². The van der Waals surface area contributed by atoms with E-state index in [0.29, 0.717) is 0 Å². The molecule has 116 valence electrons. The lowest BCUT2D eigenvalue weighted by Gasteiger charge is -2.30. The molecule has 0 heterocycles. The molecule has 0 aliphatic carbocycles. The molecule has 0 unspecified atom stereocenters. The second-order valence-corrected chi connectivity index (χ2v) is 6.14. The summed E-state index contributed by atoms with van der Waals surface area (Å²) in [4.78, 5) is 0. The molecule has 0 aliphatic heterocycles. The molecule has 0 atom stereocenters. The molecule has 0 aromatic heterocycles. The first-order chi connectivity index (χ1) is 8.02. The second-order valence-electron chi connectivity index (χ2n) is 2.86. The number of nitrogens with one attached hydrogen (secondary N) is 1. The van der Waals surface area contributed by atoms with E-state index in [0.717, 1.165) is 4.72 Å². The summed E-state index contributed by atoms with van der Waals surface area (Å²) in [7, 11) is -5.83. The molecule has 0 bridgehead atoms. The van der Waals surface area contributed by atoms with Gasteiger partial charge in [0.1, 0.15) is 0 Å². The van der Waals surface area contributed by atoms with Crippen molar-refractivity contribution in [2.45, 2.75) is 21.4 Å². The van der Waals surface area contributed by atoms with E-state index >= 15 is 0 Å². The van der Waals surface area contributed by atoms with Crippen LogP contribution in [0.5, 0.6) is 0 Å². The van der Waals surface area contributed by atoms with Gasteiger partial charge < -0.3 is 0 Å². The SMILES string of the molecule is CNS(=O)(=O)C(F)(F)C(F)(F)OC(F)(F)C(F)(F)I. The average molecular weight is 437 g/mol. The van der Waals surface area contributed by atoms with Crippen LogP contribution in [0.3, 0.4) is 0 Å². The zero-order chi connectivity index (χ0) is 15.9. The quantitative estimate of drug-likeness (QED) is 0.395. The van der Waals surface area contributed by atoms with Gasteiger partial charge in [0.2, 0.25) is 0 Å². The van der Waals surface area contributed by atoms with Gasteiger partial charge in [-0.25, -0.2) is 17.9 Å². The molecule has 19 heavy (non-hydrogen) atoms. The Kier molecular flexibility index (Phi) is 5.11. The summed E-state index contributed by atoms with van der Waals surface area (Å²) in [5, 5.41) is -6.19. The van der Waals surface area contributed by atoms with Crippen LogP contribution < -0.4 is 4.72 Å². The van der Waals surface area contributed by atoms with E-state index in [1.807, 2.05) is 4.74 Å². The van der Waals surface area contributed by atoms with Crippen LogP contribution in [0.4, 0.5) is 35.1 Å². The summed E-state index contributed by atoms with van der Waals surface area (Å²) < 4.78 is 119. The Hall–Kier alpha value is 0.0400. The van der Waals surface area contributed by atoms with Crippen molar-refractivity contribution in [1.29, 1.82) is 0 Å². The van der Waals surface area contributed by atoms with Crippen molar-refractivity contribution < 1.29 is 48.3 Å². The molecule has 0 rings (SSSR count). The van der Waals surface area contributed by atoms with Gasteiger partial charge in [-0.15, -0.1) is 0 Å². The van der Waals surface area contributed by atoms with Gasteiger partial charge >= 0.3 is 21.4 Å². The molecule has 0 aromatic rings. The first-order valence-corrected chi connectivity index (χ1v) is 6.41. The normalized spacial score (nSPS) is 15.7. The minimum absolute atomic E-state index is 0.282. The molecule has 4 nitrogen and oxygen atoms in total. The monoisotopic (exact) mass is 437 g/mol. The van der Waals surface area contributed by atoms with Gasteiger partial charge in [0, 0.05) is 22.6 Å². The van der Waals surface area contributed by atoms with Crippen LogP contribution >= 0.6 is 22.6 Å². The van der Waals surface area contributed by atoms with Crippen molar-refractivity contribution in [3.05, 3.63) is 0 Å². The number of sulfonamides is 1. The van der Waals surface area contributed by atoms with Crippen molar-refractivity contribution in [1.82, 2.24) is 4.72 Å². The minimum atomic E-state index is -6.40. The van der Waals surface area contributed by atoms with Gasteiger partial charge in [-0.05, 0) is 7.05 Å². The molecule has 0 spiro atoms. The molecule has 0 radical (unpaired) electrons. The number of alkyl halides is 9. The summed E-state index contributed by atoms with van der Waals surface area (Å²) >= 11 is -0.334. The van der Waals surface area contributed by atoms with Gasteiger partial charge in [0.05, 0.1) is 0 Å². The highest BCUT2D eigenvalue weighted by molar-refractivity contribution is 14.1. The van der Waals surface area contributed by atoms with Crippen LogP contribution in [0.25, 0.3) is 0 Å². The van der Waals surface area contributed by atoms with Crippen LogP contribution in [0, 0.1) is 0 Å². The predicted molar refractivity (Wildman–Crippen MR) is 52.9 cm³/mol. The maximum absolute atomic E-state index is 12.8. The molecule has 0 aromatic carbocycles. The third-order valence-corrected chi connectivity index (χ3v) is 3.61. The maximum atomic E-state index is 12.8. The number of hydrogen-bond donors (Lipinski definition) is 1. The van der Waals surface area contributed by atoms with Crippen LogP contribution in [0.15, 0.2) is 0 Å². The molecule has 1 N–H and O–H groups in total. The highest BCUT2D eigenvalue weighted by Crippen LogP contribution is 2.48. The number of ether oxygens (including phenoxy) is 1. The lowest BCUT2D eigenvalue weighted by Crippen LogP contribution is -2.56. The molecule has 0 fully saturated rings. The first kappa shape index (κ1) is 19.0. The summed E-state index contributed by atoms with van der Waals surface area (Å²) in [6, 6.07) is 0. The van der Waals surface area contributed by atoms with E-state index in [4.69, 9.17) is 0 Å². The van der Waals surface area contributed by atoms with E-state index in [-0.39, 0.29) is 29.6 Å². The fourth-order valence-electron chi connectivity index (χ4n) is 0.563. The highest BCUT2D eigenvalue weighted by Gasteiger charge is 2.73. The van der Waals surface area contributed by atoms with E-state index in [1.54, 1.807) is 0 Å². The topological polar surface area (TPSA) is 55.4 Å². The van der Waals surface area contributed by atoms with Gasteiger partial charge in [-0.3, -0.25) is 0 Å². The Morgan fingerprint density at radius 1 is 0.947 bits per heavy atom. The van der Waals surface area contributed by atoms with Gasteiger partial charge in [-0.1, -0.05) is 0 Å². The zero-order valence-corrected chi connectivity index (χ0v) is 11.5. The Morgan fingerprint density at radius 2 is 1.32 bits per heavy atom. The van der Waals surface area contributed by atoms with Gasteiger partial charge in [0.25, 0.3) is 10.0 Å². The maximum Gasteiger partial charge on any atom is 0.448 e. The minimum Gasteiger partial charge on any atom is -0.244 e. The van der Waals surface area contributed by atoms with Crippen molar-refractivity contribution >= 4 is 32.6 Å². The second kappa shape index (κ2) is 5.10. The Labute approximate surface area is 114 Å². The average Bonchev–Trinajstić information content (AvgIpc) is 2.13. The molecule has 0 amide bonds. The van der Waals surface area contributed by atoms with Gasteiger partial charge in [-0.2, -0.15) is 35.1 Å². The predicted octanol–water partition coefficient (Wildman–Crippen LogP) is 2.36. The van der Waals surface area contributed by atoms with Crippen molar-refractivity contribution in [2.24, 2.45) is 0 Å². The van der Waals surface area contributed by atoms with Crippen LogP contribution in [0.2, 0.25) is 0 Å². The molecular weight excluding hydrogens is 433 g/mol. The van der Waals surface area contributed by atoms with Gasteiger partial charge in [0.15, 0.2) is 0 Å². The first-order valence-electron chi connectivity index (χ1n) is 3.85. The van der Waals surface area contributed by atoms with E-state index in [9.17, 15) is 43.5 Å². The number of hydrogen-bond acceptors (Lipinski definition) is 3. The Morgan fingerprint density at radius 3 is 1.58 bits per heavy atom. The lowest BCUT2D eigenvalue weighted by molar-refractivity contribution is -0.438. The molecule has 0 aliphatic rings. The molecular formula is C5H4F8INO3S. The fourth-order valence-corrected chi connectivity index (χ4v) is 1.28. The third kappa shape index (κ3) is 3.57. The molecule has 0 saturated heterocycles. The summed E-state index contributed by atoms with van der Waals surface area (Å²) in [6.45, 7) is 0. The number of halogens is 9. The summed E-state index contributed by atoms with van der Waals surface area (Å²) in [5.41, 5.74) is 0. The van der Waals surface area contributed by atoms with E-state index in [2.05, 4.69) is 0 Å². The largest absolute Gasteiger partial charge is 0.448 e. The van der Waals surface area contributed by atoms with Crippen LogP contribution in [-0.4, -0.2) is 36.9 Å². The fraction of sp³-hybridized carbons (Fsp3) is 1.00.